The molecule has 1 amide bonds. The average molecular weight is 206 g/mol. The number of aromatic carboxylic acids is 1. The Morgan fingerprint density at radius 3 is 2.93 bits per heavy atom. The summed E-state index contributed by atoms with van der Waals surface area (Å²) in [5, 5.41) is 11.2. The van der Waals surface area contributed by atoms with Crippen molar-refractivity contribution < 1.29 is 14.7 Å². The maximum absolute atomic E-state index is 11.1. The lowest BCUT2D eigenvalue weighted by atomic mass is 10.3. The molecule has 0 aliphatic heterocycles. The summed E-state index contributed by atoms with van der Waals surface area (Å²) in [4.78, 5) is 25.3. The zero-order valence-corrected chi connectivity index (χ0v) is 7.93. The first kappa shape index (κ1) is 10.9. The van der Waals surface area contributed by atoms with Gasteiger partial charge in [-0.05, 0) is 12.1 Å². The van der Waals surface area contributed by atoms with Crippen LogP contribution >= 0.6 is 0 Å². The van der Waals surface area contributed by atoms with Gasteiger partial charge in [0.1, 0.15) is 5.69 Å². The molecule has 0 saturated carbocycles. The van der Waals surface area contributed by atoms with Crippen LogP contribution in [-0.4, -0.2) is 22.0 Å². The minimum absolute atomic E-state index is 0.105. The van der Waals surface area contributed by atoms with Crippen molar-refractivity contribution in [3.05, 3.63) is 36.7 Å². The molecule has 0 aliphatic carbocycles. The summed E-state index contributed by atoms with van der Waals surface area (Å²) in [5.74, 6) is -1.37. The van der Waals surface area contributed by atoms with E-state index in [0.29, 0.717) is 5.69 Å². The van der Waals surface area contributed by atoms with Gasteiger partial charge in [0.25, 0.3) is 0 Å². The maximum Gasteiger partial charge on any atom is 0.354 e. The van der Waals surface area contributed by atoms with E-state index in [9.17, 15) is 9.59 Å². The fraction of sp³-hybridized carbons (Fsp3) is 0.100. The molecule has 78 valence electrons. The topological polar surface area (TPSA) is 79.3 Å². The number of hydrogen-bond acceptors (Lipinski definition) is 3. The third kappa shape index (κ3) is 3.22. The summed E-state index contributed by atoms with van der Waals surface area (Å²) in [6.45, 7) is 3.42. The maximum atomic E-state index is 11.1. The van der Waals surface area contributed by atoms with Crippen LogP contribution in [0.25, 0.3) is 0 Å². The van der Waals surface area contributed by atoms with Gasteiger partial charge in [-0.15, -0.1) is 6.58 Å². The van der Waals surface area contributed by atoms with Crippen molar-refractivity contribution in [2.45, 2.75) is 6.42 Å². The van der Waals surface area contributed by atoms with Crippen molar-refractivity contribution >= 4 is 17.6 Å². The highest BCUT2D eigenvalue weighted by Gasteiger charge is 2.06. The molecule has 15 heavy (non-hydrogen) atoms. The molecule has 0 aromatic carbocycles. The number of nitrogens with zero attached hydrogens (tertiary/aromatic N) is 1. The third-order valence-electron chi connectivity index (χ3n) is 1.59. The van der Waals surface area contributed by atoms with Gasteiger partial charge >= 0.3 is 5.97 Å². The SMILES string of the molecule is C=CCC(=O)Nc1ccnc(C(=O)O)c1. The number of carbonyl (C=O) groups is 2. The lowest BCUT2D eigenvalue weighted by Crippen LogP contribution is -2.11. The van der Waals surface area contributed by atoms with Crippen LogP contribution in [0.1, 0.15) is 16.9 Å². The van der Waals surface area contributed by atoms with Gasteiger partial charge in [0.2, 0.25) is 5.91 Å². The van der Waals surface area contributed by atoms with Crippen LogP contribution in [0.15, 0.2) is 31.0 Å². The van der Waals surface area contributed by atoms with Crippen molar-refractivity contribution in [2.75, 3.05) is 5.32 Å². The Bertz CT molecular complexity index is 401. The second-order valence-corrected chi connectivity index (χ2v) is 2.78. The Kier molecular flexibility index (Phi) is 3.56. The second-order valence-electron chi connectivity index (χ2n) is 2.78. The minimum atomic E-state index is -1.13. The summed E-state index contributed by atoms with van der Waals surface area (Å²) in [6.07, 6.45) is 2.98. The van der Waals surface area contributed by atoms with Gasteiger partial charge in [0.15, 0.2) is 0 Å². The molecule has 1 rings (SSSR count). The van der Waals surface area contributed by atoms with Crippen LogP contribution in [0.2, 0.25) is 0 Å². The van der Waals surface area contributed by atoms with E-state index in [-0.39, 0.29) is 18.0 Å². The van der Waals surface area contributed by atoms with E-state index >= 15 is 0 Å². The van der Waals surface area contributed by atoms with Gasteiger partial charge in [-0.25, -0.2) is 9.78 Å². The Hall–Kier alpha value is -2.17. The highest BCUT2D eigenvalue weighted by molar-refractivity contribution is 5.93. The quantitative estimate of drug-likeness (QED) is 0.727. The van der Waals surface area contributed by atoms with Crippen molar-refractivity contribution in [3.63, 3.8) is 0 Å². The van der Waals surface area contributed by atoms with Gasteiger partial charge in [0.05, 0.1) is 0 Å². The molecule has 0 saturated heterocycles. The Morgan fingerprint density at radius 1 is 1.60 bits per heavy atom. The fourth-order valence-corrected chi connectivity index (χ4v) is 0.968. The highest BCUT2D eigenvalue weighted by atomic mass is 16.4. The van der Waals surface area contributed by atoms with Crippen LogP contribution in [-0.2, 0) is 4.79 Å². The molecule has 0 bridgehead atoms. The number of carboxylic acid groups (broad SMARTS) is 1. The summed E-state index contributed by atoms with van der Waals surface area (Å²) < 4.78 is 0. The molecule has 5 nitrogen and oxygen atoms in total. The van der Waals surface area contributed by atoms with E-state index in [0.717, 1.165) is 0 Å². The van der Waals surface area contributed by atoms with Crippen molar-refractivity contribution in [1.82, 2.24) is 4.98 Å². The monoisotopic (exact) mass is 206 g/mol. The largest absolute Gasteiger partial charge is 0.477 e. The number of carboxylic acids is 1. The number of amides is 1. The summed E-state index contributed by atoms with van der Waals surface area (Å²) in [6, 6.07) is 2.82. The first-order chi connectivity index (χ1) is 7.13. The molecule has 0 spiro atoms. The molecule has 0 atom stereocenters. The first-order valence-corrected chi connectivity index (χ1v) is 4.23. The predicted octanol–water partition coefficient (Wildman–Crippen LogP) is 1.29. The predicted molar refractivity (Wildman–Crippen MR) is 54.6 cm³/mol. The van der Waals surface area contributed by atoms with Gasteiger partial charge in [-0.2, -0.15) is 0 Å². The number of rotatable bonds is 4. The molecule has 0 unspecified atom stereocenters. The van der Waals surface area contributed by atoms with E-state index in [1.807, 2.05) is 0 Å². The van der Waals surface area contributed by atoms with Crippen molar-refractivity contribution in [3.8, 4) is 0 Å². The average Bonchev–Trinajstić information content (AvgIpc) is 2.18. The molecule has 5 heteroatoms. The summed E-state index contributed by atoms with van der Waals surface area (Å²) in [5.41, 5.74) is 0.306. The third-order valence-corrected chi connectivity index (χ3v) is 1.59. The van der Waals surface area contributed by atoms with E-state index < -0.39 is 5.97 Å². The Morgan fingerprint density at radius 2 is 2.33 bits per heavy atom. The minimum Gasteiger partial charge on any atom is -0.477 e. The van der Waals surface area contributed by atoms with Crippen LogP contribution in [0, 0.1) is 0 Å². The molecular formula is C10H10N2O3. The van der Waals surface area contributed by atoms with Crippen LogP contribution < -0.4 is 5.32 Å². The molecule has 0 fully saturated rings. The zero-order valence-electron chi connectivity index (χ0n) is 7.93. The fourth-order valence-electron chi connectivity index (χ4n) is 0.968. The zero-order chi connectivity index (χ0) is 11.3. The van der Waals surface area contributed by atoms with E-state index in [1.54, 1.807) is 0 Å². The highest BCUT2D eigenvalue weighted by Crippen LogP contribution is 2.08. The normalized spacial score (nSPS) is 9.33. The molecule has 0 radical (unpaired) electrons. The van der Waals surface area contributed by atoms with Gasteiger partial charge in [-0.3, -0.25) is 4.79 Å². The smallest absolute Gasteiger partial charge is 0.354 e. The first-order valence-electron chi connectivity index (χ1n) is 4.23. The van der Waals surface area contributed by atoms with E-state index in [1.165, 1.54) is 24.4 Å². The van der Waals surface area contributed by atoms with Crippen LogP contribution in [0.3, 0.4) is 0 Å². The number of pyridine rings is 1. The van der Waals surface area contributed by atoms with E-state index in [4.69, 9.17) is 5.11 Å². The standard InChI is InChI=1S/C10H10N2O3/c1-2-3-9(13)12-7-4-5-11-8(6-7)10(14)15/h2,4-6H,1,3H2,(H,14,15)(H,11,12,13). The number of nitrogens with one attached hydrogen (secondary N) is 1. The number of hydrogen-bond donors (Lipinski definition) is 2. The lowest BCUT2D eigenvalue weighted by molar-refractivity contribution is -0.115. The Balaban J connectivity index is 2.77. The summed E-state index contributed by atoms with van der Waals surface area (Å²) in [7, 11) is 0. The number of aromatic nitrogens is 1. The van der Waals surface area contributed by atoms with Crippen LogP contribution in [0.4, 0.5) is 5.69 Å². The van der Waals surface area contributed by atoms with Gasteiger partial charge < -0.3 is 10.4 Å². The molecule has 1 heterocycles. The molecular weight excluding hydrogens is 196 g/mol. The van der Waals surface area contributed by atoms with Crippen molar-refractivity contribution in [1.29, 1.82) is 0 Å². The molecule has 1 aromatic heterocycles. The molecule has 0 aliphatic rings. The van der Waals surface area contributed by atoms with Gasteiger partial charge in [-0.1, -0.05) is 6.08 Å². The second kappa shape index (κ2) is 4.90. The number of anilines is 1. The molecule has 1 aromatic rings. The van der Waals surface area contributed by atoms with E-state index in [2.05, 4.69) is 16.9 Å². The Labute approximate surface area is 86.5 Å². The van der Waals surface area contributed by atoms with Crippen LogP contribution in [0.5, 0.6) is 0 Å². The van der Waals surface area contributed by atoms with Gasteiger partial charge in [0, 0.05) is 18.3 Å². The van der Waals surface area contributed by atoms with Crippen molar-refractivity contribution in [2.24, 2.45) is 0 Å². The lowest BCUT2D eigenvalue weighted by Gasteiger charge is -2.03. The molecule has 2 N–H and O–H groups in total. The summed E-state index contributed by atoms with van der Waals surface area (Å²) >= 11 is 0. The number of carbonyl (C=O) groups excluding carboxylic acids is 1.